The maximum Gasteiger partial charge on any atom is 0.0471 e. The number of rotatable bonds is 5. The molecule has 0 spiro atoms. The Balaban J connectivity index is 2.62. The molecule has 0 fully saturated rings. The molecular formula is C12H19NO. The van der Waals surface area contributed by atoms with Gasteiger partial charge in [0.05, 0.1) is 0 Å². The number of aliphatic hydroxyl groups excluding tert-OH is 1. The first-order valence-corrected chi connectivity index (χ1v) is 5.19. The zero-order valence-electron chi connectivity index (χ0n) is 9.03. The van der Waals surface area contributed by atoms with Gasteiger partial charge >= 0.3 is 0 Å². The highest BCUT2D eigenvalue weighted by Crippen LogP contribution is 2.14. The number of hydrogen-bond acceptors (Lipinski definition) is 2. The van der Waals surface area contributed by atoms with Gasteiger partial charge in [-0.3, -0.25) is 0 Å². The third-order valence-corrected chi connectivity index (χ3v) is 2.34. The number of anilines is 1. The van der Waals surface area contributed by atoms with Crippen LogP contribution < -0.4 is 4.90 Å². The van der Waals surface area contributed by atoms with Crippen molar-refractivity contribution in [3.05, 3.63) is 29.8 Å². The molecular weight excluding hydrogens is 174 g/mol. The SMILES string of the molecule is CCCN(C)c1ccc(CCO)cc1. The van der Waals surface area contributed by atoms with Gasteiger partial charge in [0.15, 0.2) is 0 Å². The quantitative estimate of drug-likeness (QED) is 0.773. The van der Waals surface area contributed by atoms with Crippen LogP contribution >= 0.6 is 0 Å². The molecule has 0 aliphatic carbocycles. The van der Waals surface area contributed by atoms with Gasteiger partial charge in [0.2, 0.25) is 0 Å². The predicted octanol–water partition coefficient (Wildman–Crippen LogP) is 2.07. The first kappa shape index (κ1) is 11.1. The molecule has 0 unspecified atom stereocenters. The molecule has 1 aromatic rings. The van der Waals surface area contributed by atoms with E-state index in [1.54, 1.807) is 0 Å². The van der Waals surface area contributed by atoms with E-state index in [0.29, 0.717) is 0 Å². The summed E-state index contributed by atoms with van der Waals surface area (Å²) < 4.78 is 0. The molecule has 1 N–H and O–H groups in total. The molecule has 1 rings (SSSR count). The molecule has 0 bridgehead atoms. The molecule has 2 nitrogen and oxygen atoms in total. The van der Waals surface area contributed by atoms with Gasteiger partial charge in [-0.05, 0) is 30.5 Å². The van der Waals surface area contributed by atoms with Crippen LogP contribution in [0.5, 0.6) is 0 Å². The number of benzene rings is 1. The Morgan fingerprint density at radius 2 is 1.86 bits per heavy atom. The smallest absolute Gasteiger partial charge is 0.0471 e. The van der Waals surface area contributed by atoms with Crippen LogP contribution in [0.2, 0.25) is 0 Å². The van der Waals surface area contributed by atoms with Gasteiger partial charge in [-0.1, -0.05) is 19.1 Å². The minimum Gasteiger partial charge on any atom is -0.396 e. The van der Waals surface area contributed by atoms with Crippen molar-refractivity contribution in [2.45, 2.75) is 19.8 Å². The Morgan fingerprint density at radius 1 is 1.21 bits per heavy atom. The standard InChI is InChI=1S/C12H19NO/c1-3-9-13(2)12-6-4-11(5-7-12)8-10-14/h4-7,14H,3,8-10H2,1-2H3. The summed E-state index contributed by atoms with van der Waals surface area (Å²) in [4.78, 5) is 2.24. The largest absolute Gasteiger partial charge is 0.396 e. The van der Waals surface area contributed by atoms with Gasteiger partial charge in [-0.25, -0.2) is 0 Å². The van der Waals surface area contributed by atoms with Crippen molar-refractivity contribution in [1.82, 2.24) is 0 Å². The zero-order valence-corrected chi connectivity index (χ0v) is 9.03. The summed E-state index contributed by atoms with van der Waals surface area (Å²) in [6.07, 6.45) is 1.91. The summed E-state index contributed by atoms with van der Waals surface area (Å²) in [5.41, 5.74) is 2.44. The van der Waals surface area contributed by atoms with E-state index in [-0.39, 0.29) is 6.61 Å². The predicted molar refractivity (Wildman–Crippen MR) is 60.8 cm³/mol. The van der Waals surface area contributed by atoms with Gasteiger partial charge in [0.25, 0.3) is 0 Å². The van der Waals surface area contributed by atoms with Crippen LogP contribution in [0.4, 0.5) is 5.69 Å². The Hall–Kier alpha value is -1.02. The van der Waals surface area contributed by atoms with Crippen molar-refractivity contribution in [3.63, 3.8) is 0 Å². The van der Waals surface area contributed by atoms with Gasteiger partial charge < -0.3 is 10.0 Å². The molecule has 0 saturated heterocycles. The molecule has 1 aromatic carbocycles. The minimum atomic E-state index is 0.226. The highest BCUT2D eigenvalue weighted by Gasteiger charge is 1.98. The van der Waals surface area contributed by atoms with E-state index in [2.05, 4.69) is 43.1 Å². The fourth-order valence-corrected chi connectivity index (χ4v) is 1.51. The molecule has 0 radical (unpaired) electrons. The van der Waals surface area contributed by atoms with Crippen LogP contribution in [-0.2, 0) is 6.42 Å². The van der Waals surface area contributed by atoms with E-state index in [1.165, 1.54) is 11.3 Å². The summed E-state index contributed by atoms with van der Waals surface area (Å²) in [7, 11) is 2.10. The average Bonchev–Trinajstić information content (AvgIpc) is 2.20. The monoisotopic (exact) mass is 193 g/mol. The summed E-state index contributed by atoms with van der Waals surface area (Å²) in [6.45, 7) is 3.49. The lowest BCUT2D eigenvalue weighted by Gasteiger charge is -2.18. The molecule has 14 heavy (non-hydrogen) atoms. The summed E-state index contributed by atoms with van der Waals surface area (Å²) in [6, 6.07) is 8.39. The lowest BCUT2D eigenvalue weighted by Crippen LogP contribution is -2.17. The van der Waals surface area contributed by atoms with Crippen LogP contribution in [0.15, 0.2) is 24.3 Å². The van der Waals surface area contributed by atoms with Gasteiger partial charge in [0.1, 0.15) is 0 Å². The van der Waals surface area contributed by atoms with E-state index in [9.17, 15) is 0 Å². The third kappa shape index (κ3) is 3.04. The van der Waals surface area contributed by atoms with Gasteiger partial charge in [-0.15, -0.1) is 0 Å². The fourth-order valence-electron chi connectivity index (χ4n) is 1.51. The van der Waals surface area contributed by atoms with E-state index < -0.39 is 0 Å². The van der Waals surface area contributed by atoms with Crippen LogP contribution in [0.3, 0.4) is 0 Å². The van der Waals surface area contributed by atoms with Crippen molar-refractivity contribution >= 4 is 5.69 Å². The number of aliphatic hydroxyl groups is 1. The summed E-state index contributed by atoms with van der Waals surface area (Å²) in [5.74, 6) is 0. The first-order chi connectivity index (χ1) is 6.77. The number of hydrogen-bond donors (Lipinski definition) is 1. The molecule has 0 aliphatic heterocycles. The maximum absolute atomic E-state index is 8.77. The van der Waals surface area contributed by atoms with Crippen LogP contribution in [0, 0.1) is 0 Å². The molecule has 0 atom stereocenters. The highest BCUT2D eigenvalue weighted by molar-refractivity contribution is 5.46. The average molecular weight is 193 g/mol. The third-order valence-electron chi connectivity index (χ3n) is 2.34. The molecule has 0 heterocycles. The fraction of sp³-hybridized carbons (Fsp3) is 0.500. The normalized spacial score (nSPS) is 10.2. The van der Waals surface area contributed by atoms with Crippen LogP contribution in [0.25, 0.3) is 0 Å². The minimum absolute atomic E-state index is 0.226. The second-order valence-electron chi connectivity index (χ2n) is 3.56. The lowest BCUT2D eigenvalue weighted by molar-refractivity contribution is 0.299. The van der Waals surface area contributed by atoms with Crippen molar-refractivity contribution in [2.24, 2.45) is 0 Å². The first-order valence-electron chi connectivity index (χ1n) is 5.19. The molecule has 0 amide bonds. The second-order valence-corrected chi connectivity index (χ2v) is 3.56. The summed E-state index contributed by atoms with van der Waals surface area (Å²) >= 11 is 0. The Bertz CT molecular complexity index is 256. The molecule has 0 aromatic heterocycles. The van der Waals surface area contributed by atoms with Gasteiger partial charge in [0, 0.05) is 25.9 Å². The van der Waals surface area contributed by atoms with Crippen molar-refractivity contribution in [2.75, 3.05) is 25.1 Å². The van der Waals surface area contributed by atoms with E-state index in [4.69, 9.17) is 5.11 Å². The topological polar surface area (TPSA) is 23.5 Å². The second kappa shape index (κ2) is 5.66. The van der Waals surface area contributed by atoms with E-state index in [1.807, 2.05) is 0 Å². The Labute approximate surface area is 86.2 Å². The highest BCUT2D eigenvalue weighted by atomic mass is 16.2. The zero-order chi connectivity index (χ0) is 10.4. The van der Waals surface area contributed by atoms with E-state index in [0.717, 1.165) is 19.4 Å². The van der Waals surface area contributed by atoms with Crippen LogP contribution in [-0.4, -0.2) is 25.3 Å². The van der Waals surface area contributed by atoms with Gasteiger partial charge in [-0.2, -0.15) is 0 Å². The van der Waals surface area contributed by atoms with Crippen molar-refractivity contribution in [1.29, 1.82) is 0 Å². The molecule has 0 aliphatic rings. The molecule has 0 saturated carbocycles. The lowest BCUT2D eigenvalue weighted by atomic mass is 10.1. The van der Waals surface area contributed by atoms with Crippen LogP contribution in [0.1, 0.15) is 18.9 Å². The summed E-state index contributed by atoms with van der Waals surface area (Å²) in [5, 5.41) is 8.77. The van der Waals surface area contributed by atoms with Crippen molar-refractivity contribution < 1.29 is 5.11 Å². The molecule has 2 heteroatoms. The Morgan fingerprint density at radius 3 is 2.36 bits per heavy atom. The maximum atomic E-state index is 8.77. The molecule has 78 valence electrons. The Kier molecular flexibility index (Phi) is 4.47. The van der Waals surface area contributed by atoms with E-state index >= 15 is 0 Å². The van der Waals surface area contributed by atoms with Crippen molar-refractivity contribution in [3.8, 4) is 0 Å². The number of nitrogens with zero attached hydrogens (tertiary/aromatic N) is 1.